The number of hydrogen-bond acceptors (Lipinski definition) is 6. The lowest BCUT2D eigenvalue weighted by Crippen LogP contribution is -2.23. The minimum Gasteiger partial charge on any atom is -0.496 e. The van der Waals surface area contributed by atoms with E-state index in [-0.39, 0.29) is 5.91 Å². The number of aryl methyl sites for hydroxylation is 1. The molecule has 1 fully saturated rings. The van der Waals surface area contributed by atoms with Gasteiger partial charge < -0.3 is 9.47 Å². The fourth-order valence-electron chi connectivity index (χ4n) is 2.69. The highest BCUT2D eigenvalue weighted by atomic mass is 32.2. The molecule has 0 unspecified atom stereocenters. The van der Waals surface area contributed by atoms with Gasteiger partial charge in [-0.15, -0.1) is 0 Å². The summed E-state index contributed by atoms with van der Waals surface area (Å²) in [5.41, 5.74) is 3.02. The first-order chi connectivity index (χ1) is 13.4. The maximum Gasteiger partial charge on any atom is 0.337 e. The van der Waals surface area contributed by atoms with Crippen molar-refractivity contribution in [1.29, 1.82) is 0 Å². The zero-order valence-electron chi connectivity index (χ0n) is 16.1. The van der Waals surface area contributed by atoms with Gasteiger partial charge in [-0.05, 0) is 72.3 Å². The second-order valence-electron chi connectivity index (χ2n) is 6.14. The number of carbonyl (C=O) groups excluding carboxylic acids is 2. The maximum atomic E-state index is 12.6. The normalized spacial score (nSPS) is 16.7. The van der Waals surface area contributed by atoms with Crippen LogP contribution >= 0.6 is 11.8 Å². The minimum absolute atomic E-state index is 0.108. The number of methoxy groups -OCH3 is 2. The highest BCUT2D eigenvalue weighted by molar-refractivity contribution is 8.18. The zero-order valence-corrected chi connectivity index (χ0v) is 16.9. The molecule has 3 rings (SSSR count). The number of likely N-dealkylation sites (N-methyl/N-ethyl adjacent to an activating group) is 1. The molecule has 7 heteroatoms. The van der Waals surface area contributed by atoms with Gasteiger partial charge in [-0.25, -0.2) is 9.79 Å². The zero-order chi connectivity index (χ0) is 20.3. The van der Waals surface area contributed by atoms with Gasteiger partial charge in [-0.1, -0.05) is 6.07 Å². The van der Waals surface area contributed by atoms with Crippen LogP contribution in [0.3, 0.4) is 0 Å². The molecule has 144 valence electrons. The average Bonchev–Trinajstić information content (AvgIpc) is 2.96. The number of nitrogens with zero attached hydrogens (tertiary/aromatic N) is 2. The summed E-state index contributed by atoms with van der Waals surface area (Å²) in [6.07, 6.45) is 1.85. The van der Waals surface area contributed by atoms with E-state index >= 15 is 0 Å². The second-order valence-corrected chi connectivity index (χ2v) is 7.15. The van der Waals surface area contributed by atoms with Crippen LogP contribution in [0.25, 0.3) is 6.08 Å². The molecule has 0 aliphatic carbocycles. The molecule has 1 aliphatic heterocycles. The molecule has 1 aliphatic rings. The van der Waals surface area contributed by atoms with Gasteiger partial charge in [-0.2, -0.15) is 0 Å². The van der Waals surface area contributed by atoms with Crippen molar-refractivity contribution >= 4 is 40.6 Å². The summed E-state index contributed by atoms with van der Waals surface area (Å²) in [5, 5.41) is 0.576. The fraction of sp³-hybridized carbons (Fsp3) is 0.190. The van der Waals surface area contributed by atoms with E-state index in [4.69, 9.17) is 4.74 Å². The van der Waals surface area contributed by atoms with Crippen LogP contribution in [0.1, 0.15) is 21.5 Å². The van der Waals surface area contributed by atoms with Crippen LogP contribution in [-0.2, 0) is 9.53 Å². The molecule has 0 spiro atoms. The van der Waals surface area contributed by atoms with Gasteiger partial charge in [0, 0.05) is 7.05 Å². The molecule has 2 aromatic rings. The molecule has 0 radical (unpaired) electrons. The number of amidine groups is 1. The third kappa shape index (κ3) is 4.09. The fourth-order valence-corrected chi connectivity index (χ4v) is 3.68. The largest absolute Gasteiger partial charge is 0.496 e. The highest BCUT2D eigenvalue weighted by Gasteiger charge is 2.30. The van der Waals surface area contributed by atoms with Crippen molar-refractivity contribution < 1.29 is 19.1 Å². The summed E-state index contributed by atoms with van der Waals surface area (Å²) in [6.45, 7) is 1.96. The van der Waals surface area contributed by atoms with E-state index in [1.807, 2.05) is 31.2 Å². The number of carbonyl (C=O) groups is 2. The van der Waals surface area contributed by atoms with E-state index in [0.29, 0.717) is 21.3 Å². The van der Waals surface area contributed by atoms with Crippen molar-refractivity contribution in [2.75, 3.05) is 21.3 Å². The molecular formula is C21H20N2O4S. The number of rotatable bonds is 4. The van der Waals surface area contributed by atoms with Crippen LogP contribution in [-0.4, -0.2) is 43.2 Å². The average molecular weight is 396 g/mol. The molecule has 1 heterocycles. The SMILES string of the molecule is COC(=O)c1ccc(N=C2S/C(=C\c3ccc(OC)c(C)c3)C(=O)N2C)cc1. The summed E-state index contributed by atoms with van der Waals surface area (Å²) in [7, 11) is 4.66. The summed E-state index contributed by atoms with van der Waals surface area (Å²) < 4.78 is 9.96. The molecule has 28 heavy (non-hydrogen) atoms. The number of thioether (sulfide) groups is 1. The Bertz CT molecular complexity index is 980. The van der Waals surface area contributed by atoms with Gasteiger partial charge in [-0.3, -0.25) is 9.69 Å². The Hall–Kier alpha value is -3.06. The third-order valence-electron chi connectivity index (χ3n) is 4.23. The van der Waals surface area contributed by atoms with Crippen LogP contribution in [0.4, 0.5) is 5.69 Å². The van der Waals surface area contributed by atoms with Crippen LogP contribution in [0, 0.1) is 6.92 Å². The Morgan fingerprint density at radius 1 is 1.14 bits per heavy atom. The van der Waals surface area contributed by atoms with E-state index in [1.54, 1.807) is 38.4 Å². The van der Waals surface area contributed by atoms with Crippen molar-refractivity contribution in [3.8, 4) is 5.75 Å². The van der Waals surface area contributed by atoms with Crippen molar-refractivity contribution in [2.45, 2.75) is 6.92 Å². The lowest BCUT2D eigenvalue weighted by atomic mass is 10.1. The third-order valence-corrected chi connectivity index (χ3v) is 5.29. The molecular weight excluding hydrogens is 376 g/mol. The maximum absolute atomic E-state index is 12.6. The molecule has 0 saturated carbocycles. The first-order valence-electron chi connectivity index (χ1n) is 8.52. The Morgan fingerprint density at radius 2 is 1.86 bits per heavy atom. The number of benzene rings is 2. The molecule has 6 nitrogen and oxygen atoms in total. The number of ether oxygens (including phenoxy) is 2. The van der Waals surface area contributed by atoms with Crippen LogP contribution in [0.2, 0.25) is 0 Å². The number of aliphatic imine (C=N–C) groups is 1. The van der Waals surface area contributed by atoms with Gasteiger partial charge in [0.2, 0.25) is 0 Å². The predicted octanol–water partition coefficient (Wildman–Crippen LogP) is 4.02. The second kappa shape index (κ2) is 8.31. The standard InChI is InChI=1S/C21H20N2O4S/c1-13-11-14(5-10-17(13)26-3)12-18-19(24)23(2)21(28-18)22-16-8-6-15(7-9-16)20(25)27-4/h5-12H,1-4H3/b18-12-,22-21?. The van der Waals surface area contributed by atoms with Crippen molar-refractivity contribution in [3.05, 3.63) is 64.1 Å². The molecule has 2 aromatic carbocycles. The Morgan fingerprint density at radius 3 is 2.46 bits per heavy atom. The summed E-state index contributed by atoms with van der Waals surface area (Å²) >= 11 is 1.31. The quantitative estimate of drug-likeness (QED) is 0.577. The van der Waals surface area contributed by atoms with Crippen LogP contribution in [0.15, 0.2) is 52.4 Å². The van der Waals surface area contributed by atoms with Gasteiger partial charge in [0.1, 0.15) is 5.75 Å². The van der Waals surface area contributed by atoms with E-state index in [1.165, 1.54) is 23.8 Å². The van der Waals surface area contributed by atoms with Gasteiger partial charge in [0.15, 0.2) is 5.17 Å². The van der Waals surface area contributed by atoms with Crippen molar-refractivity contribution in [1.82, 2.24) is 4.90 Å². The summed E-state index contributed by atoms with van der Waals surface area (Å²) in [4.78, 5) is 30.7. The molecule has 0 atom stereocenters. The van der Waals surface area contributed by atoms with Crippen molar-refractivity contribution in [3.63, 3.8) is 0 Å². The number of hydrogen-bond donors (Lipinski definition) is 0. The van der Waals surface area contributed by atoms with Gasteiger partial charge in [0.05, 0.1) is 30.4 Å². The van der Waals surface area contributed by atoms with Crippen LogP contribution in [0.5, 0.6) is 5.75 Å². The molecule has 1 saturated heterocycles. The first kappa shape index (κ1) is 19.7. The summed E-state index contributed by atoms with van der Waals surface area (Å²) in [6, 6.07) is 12.5. The Labute approximate surface area is 167 Å². The van der Waals surface area contributed by atoms with Crippen LogP contribution < -0.4 is 4.74 Å². The predicted molar refractivity (Wildman–Crippen MR) is 111 cm³/mol. The molecule has 0 aromatic heterocycles. The van der Waals surface area contributed by atoms with E-state index in [9.17, 15) is 9.59 Å². The lowest BCUT2D eigenvalue weighted by molar-refractivity contribution is -0.121. The molecule has 0 N–H and O–H groups in total. The Balaban J connectivity index is 1.83. The monoisotopic (exact) mass is 396 g/mol. The smallest absolute Gasteiger partial charge is 0.337 e. The van der Waals surface area contributed by atoms with E-state index in [0.717, 1.165) is 16.9 Å². The topological polar surface area (TPSA) is 68.2 Å². The minimum atomic E-state index is -0.401. The lowest BCUT2D eigenvalue weighted by Gasteiger charge is -2.07. The molecule has 1 amide bonds. The Kier molecular flexibility index (Phi) is 5.84. The van der Waals surface area contributed by atoms with Crippen molar-refractivity contribution in [2.24, 2.45) is 4.99 Å². The van der Waals surface area contributed by atoms with Gasteiger partial charge in [0.25, 0.3) is 5.91 Å². The van der Waals surface area contributed by atoms with E-state index in [2.05, 4.69) is 9.73 Å². The molecule has 0 bridgehead atoms. The summed E-state index contributed by atoms with van der Waals surface area (Å²) in [5.74, 6) is 0.299. The number of amides is 1. The number of esters is 1. The van der Waals surface area contributed by atoms with E-state index < -0.39 is 5.97 Å². The first-order valence-corrected chi connectivity index (χ1v) is 9.34. The highest BCUT2D eigenvalue weighted by Crippen LogP contribution is 2.33. The van der Waals surface area contributed by atoms with Gasteiger partial charge >= 0.3 is 5.97 Å².